The van der Waals surface area contributed by atoms with E-state index in [2.05, 4.69) is 20.6 Å². The standard InChI is InChI=1S/C11H13F3N4O/c12-11(13,14)8-4-6-16-10(18-8)17-7-3-1-2-5-15-9(7)19/h4,6-7H,1-3,5H2,(H,15,19)(H,16,17,18)/t7-/m0/s1. The van der Waals surface area contributed by atoms with E-state index in [0.717, 1.165) is 25.1 Å². The molecule has 0 aliphatic carbocycles. The molecular weight excluding hydrogens is 261 g/mol. The number of amides is 1. The highest BCUT2D eigenvalue weighted by Gasteiger charge is 2.33. The fourth-order valence-corrected chi connectivity index (χ4v) is 1.82. The molecule has 1 amide bonds. The molecule has 1 aromatic rings. The van der Waals surface area contributed by atoms with Crippen LogP contribution in [0.5, 0.6) is 0 Å². The summed E-state index contributed by atoms with van der Waals surface area (Å²) in [6.07, 6.45) is -1.29. The minimum Gasteiger partial charge on any atom is -0.354 e. The van der Waals surface area contributed by atoms with Gasteiger partial charge in [-0.3, -0.25) is 4.79 Å². The number of carbonyl (C=O) groups is 1. The monoisotopic (exact) mass is 274 g/mol. The molecule has 1 atom stereocenters. The number of nitrogens with one attached hydrogen (secondary N) is 2. The van der Waals surface area contributed by atoms with Gasteiger partial charge in [0.2, 0.25) is 11.9 Å². The number of aromatic nitrogens is 2. The predicted octanol–water partition coefficient (Wildman–Crippen LogP) is 1.58. The van der Waals surface area contributed by atoms with Gasteiger partial charge in [0.25, 0.3) is 0 Å². The van der Waals surface area contributed by atoms with E-state index in [1.165, 1.54) is 0 Å². The van der Waals surface area contributed by atoms with Gasteiger partial charge in [0.05, 0.1) is 0 Å². The molecule has 0 spiro atoms. The highest BCUT2D eigenvalue weighted by molar-refractivity contribution is 5.84. The fraction of sp³-hybridized carbons (Fsp3) is 0.545. The summed E-state index contributed by atoms with van der Waals surface area (Å²) in [6, 6.07) is 0.198. The van der Waals surface area contributed by atoms with Crippen LogP contribution in [0.2, 0.25) is 0 Å². The first-order valence-corrected chi connectivity index (χ1v) is 5.91. The smallest absolute Gasteiger partial charge is 0.354 e. The third kappa shape index (κ3) is 3.55. The molecule has 0 unspecified atom stereocenters. The van der Waals surface area contributed by atoms with Gasteiger partial charge in [-0.2, -0.15) is 13.2 Å². The Labute approximate surface area is 107 Å². The summed E-state index contributed by atoms with van der Waals surface area (Å²) in [5, 5.41) is 5.33. The molecule has 1 aliphatic rings. The van der Waals surface area contributed by atoms with E-state index in [0.29, 0.717) is 13.0 Å². The molecule has 2 N–H and O–H groups in total. The minimum atomic E-state index is -4.52. The molecule has 1 fully saturated rings. The Bertz CT molecular complexity index is 463. The molecule has 2 heterocycles. The van der Waals surface area contributed by atoms with Gasteiger partial charge in [-0.25, -0.2) is 9.97 Å². The summed E-state index contributed by atoms with van der Waals surface area (Å²) in [5.41, 5.74) is -1.03. The average Bonchev–Trinajstić information content (AvgIpc) is 2.54. The van der Waals surface area contributed by atoms with Crippen molar-refractivity contribution in [1.29, 1.82) is 0 Å². The predicted molar refractivity (Wildman–Crippen MR) is 61.3 cm³/mol. The second-order valence-corrected chi connectivity index (χ2v) is 4.25. The van der Waals surface area contributed by atoms with Gasteiger partial charge in [-0.15, -0.1) is 0 Å². The van der Waals surface area contributed by atoms with Crippen LogP contribution in [0.1, 0.15) is 25.0 Å². The number of hydrogen-bond donors (Lipinski definition) is 2. The Hall–Kier alpha value is -1.86. The van der Waals surface area contributed by atoms with Crippen molar-refractivity contribution in [3.63, 3.8) is 0 Å². The van der Waals surface area contributed by atoms with Crippen LogP contribution in [0, 0.1) is 0 Å². The van der Waals surface area contributed by atoms with Crippen molar-refractivity contribution in [2.45, 2.75) is 31.5 Å². The van der Waals surface area contributed by atoms with E-state index in [4.69, 9.17) is 0 Å². The third-order valence-corrected chi connectivity index (χ3v) is 2.78. The van der Waals surface area contributed by atoms with Gasteiger partial charge in [0.1, 0.15) is 11.7 Å². The third-order valence-electron chi connectivity index (χ3n) is 2.78. The van der Waals surface area contributed by atoms with Gasteiger partial charge in [-0.1, -0.05) is 0 Å². The van der Waals surface area contributed by atoms with Crippen molar-refractivity contribution in [1.82, 2.24) is 15.3 Å². The lowest BCUT2D eigenvalue weighted by molar-refractivity contribution is -0.141. The fourth-order valence-electron chi connectivity index (χ4n) is 1.82. The molecule has 2 rings (SSSR count). The number of nitrogens with zero attached hydrogens (tertiary/aromatic N) is 2. The van der Waals surface area contributed by atoms with Crippen molar-refractivity contribution in [3.05, 3.63) is 18.0 Å². The van der Waals surface area contributed by atoms with Crippen LogP contribution in [0.15, 0.2) is 12.3 Å². The zero-order chi connectivity index (χ0) is 13.9. The Morgan fingerprint density at radius 1 is 1.37 bits per heavy atom. The van der Waals surface area contributed by atoms with Crippen LogP contribution < -0.4 is 10.6 Å². The Kier molecular flexibility index (Phi) is 3.87. The van der Waals surface area contributed by atoms with Crippen LogP contribution >= 0.6 is 0 Å². The lowest BCUT2D eigenvalue weighted by Gasteiger charge is -2.15. The number of alkyl halides is 3. The van der Waals surface area contributed by atoms with E-state index in [9.17, 15) is 18.0 Å². The summed E-state index contributed by atoms with van der Waals surface area (Å²) in [7, 11) is 0. The van der Waals surface area contributed by atoms with Crippen LogP contribution in [0.3, 0.4) is 0 Å². The molecule has 1 aromatic heterocycles. The molecule has 104 valence electrons. The van der Waals surface area contributed by atoms with Crippen LogP contribution in [-0.4, -0.2) is 28.5 Å². The highest BCUT2D eigenvalue weighted by atomic mass is 19.4. The van der Waals surface area contributed by atoms with Crippen molar-refractivity contribution < 1.29 is 18.0 Å². The molecule has 1 saturated heterocycles. The van der Waals surface area contributed by atoms with Gasteiger partial charge in [-0.05, 0) is 25.3 Å². The minimum absolute atomic E-state index is 0.183. The van der Waals surface area contributed by atoms with E-state index in [-0.39, 0.29) is 11.9 Å². The largest absolute Gasteiger partial charge is 0.433 e. The molecule has 0 bridgehead atoms. The average molecular weight is 274 g/mol. The first-order chi connectivity index (χ1) is 8.97. The molecule has 0 radical (unpaired) electrons. The zero-order valence-electron chi connectivity index (χ0n) is 10.00. The Balaban J connectivity index is 2.12. The van der Waals surface area contributed by atoms with Crippen LogP contribution in [0.4, 0.5) is 19.1 Å². The summed E-state index contributed by atoms with van der Waals surface area (Å²) in [6.45, 7) is 0.584. The normalized spacial score (nSPS) is 20.6. The van der Waals surface area contributed by atoms with Gasteiger partial charge in [0, 0.05) is 12.7 Å². The number of carbonyl (C=O) groups excluding carboxylic acids is 1. The molecule has 1 aliphatic heterocycles. The molecule has 8 heteroatoms. The Morgan fingerprint density at radius 3 is 2.89 bits per heavy atom. The maximum absolute atomic E-state index is 12.5. The molecule has 0 aromatic carbocycles. The second kappa shape index (κ2) is 5.41. The van der Waals surface area contributed by atoms with E-state index < -0.39 is 17.9 Å². The Morgan fingerprint density at radius 2 is 2.16 bits per heavy atom. The van der Waals surface area contributed by atoms with Gasteiger partial charge in [0.15, 0.2) is 0 Å². The maximum atomic E-state index is 12.5. The van der Waals surface area contributed by atoms with E-state index in [1.807, 2.05) is 0 Å². The highest BCUT2D eigenvalue weighted by Crippen LogP contribution is 2.27. The van der Waals surface area contributed by atoms with Crippen molar-refractivity contribution >= 4 is 11.9 Å². The summed E-state index contributed by atoms with van der Waals surface area (Å²) >= 11 is 0. The van der Waals surface area contributed by atoms with Crippen LogP contribution in [0.25, 0.3) is 0 Å². The lowest BCUT2D eigenvalue weighted by atomic mass is 10.1. The molecular formula is C11H13F3N4O. The first-order valence-electron chi connectivity index (χ1n) is 5.91. The maximum Gasteiger partial charge on any atom is 0.433 e. The van der Waals surface area contributed by atoms with Crippen molar-refractivity contribution in [2.75, 3.05) is 11.9 Å². The molecule has 19 heavy (non-hydrogen) atoms. The van der Waals surface area contributed by atoms with Crippen molar-refractivity contribution in [2.24, 2.45) is 0 Å². The second-order valence-electron chi connectivity index (χ2n) is 4.25. The summed E-state index contributed by atoms with van der Waals surface area (Å²) in [4.78, 5) is 18.7. The number of rotatable bonds is 2. The van der Waals surface area contributed by atoms with Crippen molar-refractivity contribution in [3.8, 4) is 0 Å². The van der Waals surface area contributed by atoms with Crippen LogP contribution in [-0.2, 0) is 11.0 Å². The SMILES string of the molecule is O=C1NCCCC[C@@H]1Nc1nccc(C(F)(F)F)n1. The lowest BCUT2D eigenvalue weighted by Crippen LogP contribution is -2.38. The molecule has 0 saturated carbocycles. The molecule has 5 nitrogen and oxygen atoms in total. The number of hydrogen-bond acceptors (Lipinski definition) is 4. The first kappa shape index (κ1) is 13.6. The summed E-state index contributed by atoms with van der Waals surface area (Å²) < 4.78 is 37.5. The van der Waals surface area contributed by atoms with E-state index in [1.54, 1.807) is 0 Å². The quantitative estimate of drug-likeness (QED) is 0.859. The topological polar surface area (TPSA) is 66.9 Å². The zero-order valence-corrected chi connectivity index (χ0v) is 10.00. The number of halogens is 3. The van der Waals surface area contributed by atoms with Gasteiger partial charge >= 0.3 is 6.18 Å². The van der Waals surface area contributed by atoms with Gasteiger partial charge < -0.3 is 10.6 Å². The summed E-state index contributed by atoms with van der Waals surface area (Å²) in [5.74, 6) is -0.421. The number of anilines is 1. The van der Waals surface area contributed by atoms with E-state index >= 15 is 0 Å².